The molecule has 18 nitrogen and oxygen atoms in total. The molecule has 0 saturated carbocycles. The van der Waals surface area contributed by atoms with Crippen molar-refractivity contribution in [3.8, 4) is 5.75 Å². The van der Waals surface area contributed by atoms with E-state index in [1.165, 1.54) is 0 Å². The summed E-state index contributed by atoms with van der Waals surface area (Å²) in [4.78, 5) is 35.4. The van der Waals surface area contributed by atoms with Crippen LogP contribution in [0.2, 0.25) is 0 Å². The Balaban J connectivity index is 1.17. The van der Waals surface area contributed by atoms with Crippen molar-refractivity contribution in [3.63, 3.8) is 0 Å². The first-order valence-electron chi connectivity index (χ1n) is 22.3. The van der Waals surface area contributed by atoms with Crippen molar-refractivity contribution < 1.29 is 103 Å². The number of nitrogens with one attached hydrogen (secondary N) is 1. The largest absolute Gasteiger partial charge is 0.461 e. The Morgan fingerprint density at radius 3 is 1.10 bits per heavy atom. The highest BCUT2D eigenvalue weighted by atomic mass is 19.2. The summed E-state index contributed by atoms with van der Waals surface area (Å²) in [6.07, 6.45) is 0.356. The van der Waals surface area contributed by atoms with E-state index in [-0.39, 0.29) is 57.8 Å². The number of halogens is 5. The van der Waals surface area contributed by atoms with E-state index in [1.807, 2.05) is 30.3 Å². The normalized spacial score (nSPS) is 11.3. The Morgan fingerprint density at radius 1 is 0.382 bits per heavy atom. The Kier molecular flexibility index (Phi) is 37.1. The van der Waals surface area contributed by atoms with Crippen LogP contribution in [0, 0.1) is 29.1 Å². The number of carbonyl (C=O) groups excluding carboxylic acids is 3. The quantitative estimate of drug-likeness (QED) is 0.0251. The second kappa shape index (κ2) is 41.9. The van der Waals surface area contributed by atoms with Gasteiger partial charge in [-0.25, -0.2) is 13.2 Å². The maximum Gasteiger partial charge on any atom is 0.313 e. The van der Waals surface area contributed by atoms with Crippen LogP contribution in [0.3, 0.4) is 0 Å². The minimum atomic E-state index is -2.35. The van der Waals surface area contributed by atoms with Crippen molar-refractivity contribution >= 4 is 17.8 Å². The van der Waals surface area contributed by atoms with E-state index in [9.17, 15) is 36.3 Å². The minimum Gasteiger partial charge on any atom is -0.461 e. The van der Waals surface area contributed by atoms with Crippen LogP contribution in [-0.2, 0) is 82.6 Å². The lowest BCUT2D eigenvalue weighted by atomic mass is 10.2. The number of hydrogen-bond acceptors (Lipinski definition) is 17. The van der Waals surface area contributed by atoms with Crippen LogP contribution < -0.4 is 10.1 Å². The molecule has 0 bridgehead atoms. The van der Waals surface area contributed by atoms with Crippen molar-refractivity contribution in [1.82, 2.24) is 5.32 Å². The van der Waals surface area contributed by atoms with Gasteiger partial charge in [0.1, 0.15) is 6.61 Å². The first-order valence-corrected chi connectivity index (χ1v) is 22.3. The van der Waals surface area contributed by atoms with E-state index in [4.69, 9.17) is 61.6 Å². The molecule has 1 N–H and O–H groups in total. The zero-order chi connectivity index (χ0) is 49.1. The highest BCUT2D eigenvalue weighted by molar-refractivity contribution is 5.77. The van der Waals surface area contributed by atoms with E-state index in [0.29, 0.717) is 145 Å². The van der Waals surface area contributed by atoms with Gasteiger partial charge in [0.15, 0.2) is 0 Å². The van der Waals surface area contributed by atoms with Crippen LogP contribution in [-0.4, -0.2) is 183 Å². The van der Waals surface area contributed by atoms with Gasteiger partial charge < -0.3 is 71.6 Å². The lowest BCUT2D eigenvalue weighted by Gasteiger charge is -2.09. The molecule has 0 atom stereocenters. The summed E-state index contributed by atoms with van der Waals surface area (Å²) in [5.74, 6) is -14.6. The fourth-order valence-corrected chi connectivity index (χ4v) is 5.07. The van der Waals surface area contributed by atoms with Gasteiger partial charge in [0.25, 0.3) is 0 Å². The fraction of sp³-hybridized carbons (Fsp3) is 0.667. The first-order chi connectivity index (χ1) is 33.2. The number of amides is 1. The summed E-state index contributed by atoms with van der Waals surface area (Å²) in [6, 6.07) is 9.42. The third kappa shape index (κ3) is 31.9. The molecule has 68 heavy (non-hydrogen) atoms. The highest BCUT2D eigenvalue weighted by Gasteiger charge is 2.28. The summed E-state index contributed by atoms with van der Waals surface area (Å²) in [5, 5.41) is 2.76. The third-order valence-corrected chi connectivity index (χ3v) is 8.52. The molecule has 0 fully saturated rings. The molecule has 0 aliphatic heterocycles. The number of ether oxygens (including phenoxy) is 14. The summed E-state index contributed by atoms with van der Waals surface area (Å²) in [5.41, 5.74) is 0.919. The molecular weight excluding hydrogens is 921 g/mol. The average molecular weight is 988 g/mol. The monoisotopic (exact) mass is 987 g/mol. The molecule has 0 aromatic heterocycles. The summed E-state index contributed by atoms with van der Waals surface area (Å²) >= 11 is 0. The van der Waals surface area contributed by atoms with Crippen LogP contribution in [0.15, 0.2) is 30.3 Å². The molecule has 0 saturated heterocycles. The number of rotatable bonds is 46. The van der Waals surface area contributed by atoms with E-state index < -0.39 is 47.2 Å². The van der Waals surface area contributed by atoms with E-state index in [1.54, 1.807) is 0 Å². The summed E-state index contributed by atoms with van der Waals surface area (Å²) in [7, 11) is 0. The zero-order valence-corrected chi connectivity index (χ0v) is 38.4. The average Bonchev–Trinajstić information content (AvgIpc) is 3.34. The van der Waals surface area contributed by atoms with Crippen LogP contribution in [0.5, 0.6) is 5.75 Å². The van der Waals surface area contributed by atoms with E-state index in [0.717, 1.165) is 5.56 Å². The number of carbonyl (C=O) groups is 3. The lowest BCUT2D eigenvalue weighted by molar-refractivity contribution is -0.145. The first kappa shape index (κ1) is 60.1. The molecule has 23 heteroatoms. The molecule has 0 spiro atoms. The number of esters is 2. The minimum absolute atomic E-state index is 0.0698. The van der Waals surface area contributed by atoms with Crippen molar-refractivity contribution in [1.29, 1.82) is 0 Å². The van der Waals surface area contributed by atoms with Crippen LogP contribution in [0.4, 0.5) is 22.0 Å². The molecule has 2 rings (SSSR count). The highest BCUT2D eigenvalue weighted by Crippen LogP contribution is 2.29. The van der Waals surface area contributed by atoms with Gasteiger partial charge in [-0.05, 0) is 12.0 Å². The number of benzene rings is 2. The second-order valence-corrected chi connectivity index (χ2v) is 13.8. The molecular formula is C45H66F5NO17. The molecule has 2 aromatic rings. The Morgan fingerprint density at radius 2 is 0.721 bits per heavy atom. The Labute approximate surface area is 393 Å². The SMILES string of the molecule is O=C(CCCC(=O)OCc1ccccc1)NCCOCCOCCOCCOCCOCCOCCOCCOCCOCCOCCOCCOCCC(=O)Oc1c(F)c(F)c(F)c(F)c1F. The Hall–Kier alpha value is -3.98. The zero-order valence-electron chi connectivity index (χ0n) is 38.4. The van der Waals surface area contributed by atoms with E-state index >= 15 is 0 Å². The van der Waals surface area contributed by atoms with Crippen molar-refractivity contribution in [2.45, 2.75) is 32.3 Å². The predicted octanol–water partition coefficient (Wildman–Crippen LogP) is 3.91. The van der Waals surface area contributed by atoms with Crippen LogP contribution in [0.1, 0.15) is 31.2 Å². The molecule has 0 aliphatic carbocycles. The lowest BCUT2D eigenvalue weighted by Crippen LogP contribution is -2.27. The molecule has 2 aromatic carbocycles. The van der Waals surface area contributed by atoms with E-state index in [2.05, 4.69) is 10.1 Å². The summed E-state index contributed by atoms with van der Waals surface area (Å²) in [6.45, 7) is 8.95. The van der Waals surface area contributed by atoms with Gasteiger partial charge in [0.05, 0.1) is 165 Å². The van der Waals surface area contributed by atoms with Crippen molar-refractivity contribution in [2.75, 3.05) is 165 Å². The molecule has 0 heterocycles. The van der Waals surface area contributed by atoms with Crippen molar-refractivity contribution in [3.05, 3.63) is 65.0 Å². The van der Waals surface area contributed by atoms with Gasteiger partial charge in [0.2, 0.25) is 40.7 Å². The van der Waals surface area contributed by atoms with Crippen molar-refractivity contribution in [2.24, 2.45) is 0 Å². The maximum atomic E-state index is 13.6. The van der Waals surface area contributed by atoms with Crippen LogP contribution >= 0.6 is 0 Å². The van der Waals surface area contributed by atoms with Gasteiger partial charge in [0, 0.05) is 19.4 Å². The standard InChI is InChI=1S/C45H66F5NO17/c46-40-41(47)43(49)45(44(50)42(40)48)68-39(54)9-11-55-13-15-57-17-19-59-21-23-61-25-27-63-29-31-65-33-34-66-32-30-64-28-26-62-24-22-60-20-18-58-16-14-56-12-10-51-37(52)7-4-8-38(53)67-35-36-5-2-1-3-6-36/h1-3,5-6H,4,7-35H2,(H,51,52). The smallest absolute Gasteiger partial charge is 0.313 e. The molecule has 0 aliphatic rings. The van der Waals surface area contributed by atoms with Gasteiger partial charge in [-0.15, -0.1) is 0 Å². The van der Waals surface area contributed by atoms with Gasteiger partial charge >= 0.3 is 11.9 Å². The van der Waals surface area contributed by atoms with Crippen LogP contribution in [0.25, 0.3) is 0 Å². The topological polar surface area (TPSA) is 192 Å². The second-order valence-electron chi connectivity index (χ2n) is 13.8. The van der Waals surface area contributed by atoms with Gasteiger partial charge in [-0.3, -0.25) is 14.4 Å². The summed E-state index contributed by atoms with van der Waals surface area (Å²) < 4.78 is 141. The van der Waals surface area contributed by atoms with Gasteiger partial charge in [-0.1, -0.05) is 30.3 Å². The maximum absolute atomic E-state index is 13.6. The third-order valence-electron chi connectivity index (χ3n) is 8.52. The fourth-order valence-electron chi connectivity index (χ4n) is 5.07. The predicted molar refractivity (Wildman–Crippen MR) is 229 cm³/mol. The number of hydrogen-bond donors (Lipinski definition) is 1. The molecule has 1 amide bonds. The molecule has 0 unspecified atom stereocenters. The van der Waals surface area contributed by atoms with Gasteiger partial charge in [-0.2, -0.15) is 8.78 Å². The molecule has 0 radical (unpaired) electrons. The molecule has 388 valence electrons. The Bertz CT molecular complexity index is 1580.